The molecule has 0 aliphatic carbocycles. The molecule has 1 aliphatic rings. The molecule has 0 radical (unpaired) electrons. The molecule has 1 aliphatic heterocycles. The number of benzene rings is 1. The molecule has 4 rings (SSSR count). The minimum absolute atomic E-state index is 0.292. The minimum Gasteiger partial charge on any atom is -0.448 e. The van der Waals surface area contributed by atoms with E-state index in [4.69, 9.17) is 4.74 Å². The molecule has 0 saturated heterocycles. The van der Waals surface area contributed by atoms with Crippen molar-refractivity contribution < 1.29 is 4.74 Å². The number of thiophene rings is 1. The highest BCUT2D eigenvalue weighted by Gasteiger charge is 2.25. The van der Waals surface area contributed by atoms with Crippen molar-refractivity contribution in [2.45, 2.75) is 18.3 Å². The number of rotatable bonds is 3. The second-order valence-corrected chi connectivity index (χ2v) is 6.94. The Morgan fingerprint density at radius 2 is 2.17 bits per heavy atom. The molecule has 0 bridgehead atoms. The summed E-state index contributed by atoms with van der Waals surface area (Å²) in [6, 6.07) is 10.0. The van der Waals surface area contributed by atoms with Gasteiger partial charge in [-0.25, -0.2) is 0 Å². The molecule has 116 valence electrons. The van der Waals surface area contributed by atoms with E-state index in [1.807, 2.05) is 35.7 Å². The normalized spacial score (nSPS) is 15.8. The van der Waals surface area contributed by atoms with Crippen molar-refractivity contribution >= 4 is 28.8 Å². The summed E-state index contributed by atoms with van der Waals surface area (Å²) >= 11 is 3.19. The lowest BCUT2D eigenvalue weighted by Crippen LogP contribution is -2.16. The molecule has 3 heterocycles. The van der Waals surface area contributed by atoms with Crippen LogP contribution in [0.15, 0.2) is 46.2 Å². The Morgan fingerprint density at radius 1 is 1.26 bits per heavy atom. The predicted octanol–water partition coefficient (Wildman–Crippen LogP) is 4.22. The minimum atomic E-state index is -0.292. The Kier molecular flexibility index (Phi) is 3.88. The third-order valence-electron chi connectivity index (χ3n) is 3.45. The Morgan fingerprint density at radius 3 is 3.00 bits per heavy atom. The summed E-state index contributed by atoms with van der Waals surface area (Å²) in [5, 5.41) is 16.7. The first-order valence-corrected chi connectivity index (χ1v) is 9.20. The first-order valence-electron chi connectivity index (χ1n) is 7.27. The largest absolute Gasteiger partial charge is 0.448 e. The van der Waals surface area contributed by atoms with E-state index >= 15 is 0 Å². The number of thioether (sulfide) groups is 1. The standard InChI is InChI=1S/C16H14N4OS2/c1-2-23-16-18-15-13(19-20-16)11-5-3-4-6-12(11)17-14(21-15)10-7-8-22-9-10/h3-9,14,17H,2H2,1H3/t14-/m1/s1. The number of nitrogens with one attached hydrogen (secondary N) is 1. The molecule has 1 atom stereocenters. The first kappa shape index (κ1) is 14.5. The van der Waals surface area contributed by atoms with Crippen molar-refractivity contribution in [2.75, 3.05) is 11.1 Å². The fourth-order valence-electron chi connectivity index (χ4n) is 2.41. The fraction of sp³-hybridized carbons (Fsp3) is 0.188. The Balaban J connectivity index is 1.84. The molecular formula is C16H14N4OS2. The van der Waals surface area contributed by atoms with Gasteiger partial charge in [0.05, 0.1) is 0 Å². The van der Waals surface area contributed by atoms with Crippen molar-refractivity contribution in [3.63, 3.8) is 0 Å². The molecule has 0 saturated carbocycles. The van der Waals surface area contributed by atoms with Crippen molar-refractivity contribution in [2.24, 2.45) is 0 Å². The molecule has 23 heavy (non-hydrogen) atoms. The van der Waals surface area contributed by atoms with Gasteiger partial charge in [0.25, 0.3) is 0 Å². The Labute approximate surface area is 142 Å². The topological polar surface area (TPSA) is 59.9 Å². The van der Waals surface area contributed by atoms with Gasteiger partial charge in [-0.15, -0.1) is 10.2 Å². The summed E-state index contributed by atoms with van der Waals surface area (Å²) in [5.41, 5.74) is 3.66. The van der Waals surface area contributed by atoms with E-state index < -0.39 is 0 Å². The molecule has 1 N–H and O–H groups in total. The van der Waals surface area contributed by atoms with Gasteiger partial charge in [0.2, 0.25) is 11.0 Å². The number of anilines is 1. The van der Waals surface area contributed by atoms with E-state index in [9.17, 15) is 0 Å². The zero-order chi connectivity index (χ0) is 15.6. The van der Waals surface area contributed by atoms with Crippen LogP contribution in [0, 0.1) is 0 Å². The van der Waals surface area contributed by atoms with Gasteiger partial charge in [0.15, 0.2) is 11.9 Å². The lowest BCUT2D eigenvalue weighted by molar-refractivity contribution is 0.225. The van der Waals surface area contributed by atoms with Crippen molar-refractivity contribution in [3.8, 4) is 17.1 Å². The van der Waals surface area contributed by atoms with E-state index in [-0.39, 0.29) is 6.23 Å². The van der Waals surface area contributed by atoms with Crippen LogP contribution < -0.4 is 10.1 Å². The maximum atomic E-state index is 6.14. The number of hydrogen-bond donors (Lipinski definition) is 1. The number of para-hydroxylation sites is 1. The molecule has 0 fully saturated rings. The summed E-state index contributed by atoms with van der Waals surface area (Å²) in [7, 11) is 0. The highest BCUT2D eigenvalue weighted by molar-refractivity contribution is 7.99. The van der Waals surface area contributed by atoms with Crippen LogP contribution in [0.3, 0.4) is 0 Å². The molecule has 0 spiro atoms. The SMILES string of the molecule is CCSc1nnc2c(n1)O[C@H](c1ccsc1)Nc1ccccc1-2. The van der Waals surface area contributed by atoms with Crippen molar-refractivity contribution in [3.05, 3.63) is 46.7 Å². The molecule has 5 nitrogen and oxygen atoms in total. The summed E-state index contributed by atoms with van der Waals surface area (Å²) in [4.78, 5) is 4.55. The average molecular weight is 342 g/mol. The number of nitrogens with zero attached hydrogens (tertiary/aromatic N) is 3. The summed E-state index contributed by atoms with van der Waals surface area (Å²) < 4.78 is 6.14. The molecule has 1 aromatic carbocycles. The van der Waals surface area contributed by atoms with Gasteiger partial charge >= 0.3 is 0 Å². The van der Waals surface area contributed by atoms with E-state index in [2.05, 4.69) is 32.8 Å². The maximum absolute atomic E-state index is 6.14. The van der Waals surface area contributed by atoms with Gasteiger partial charge in [0.1, 0.15) is 0 Å². The smallest absolute Gasteiger partial charge is 0.247 e. The van der Waals surface area contributed by atoms with Crippen LogP contribution in [-0.2, 0) is 0 Å². The molecule has 7 heteroatoms. The number of hydrogen-bond acceptors (Lipinski definition) is 7. The van der Waals surface area contributed by atoms with E-state index in [0.29, 0.717) is 16.7 Å². The quantitative estimate of drug-likeness (QED) is 0.719. The van der Waals surface area contributed by atoms with Crippen LogP contribution in [0.2, 0.25) is 0 Å². The zero-order valence-electron chi connectivity index (χ0n) is 12.4. The monoisotopic (exact) mass is 342 g/mol. The second kappa shape index (κ2) is 6.17. The van der Waals surface area contributed by atoms with Crippen molar-refractivity contribution in [1.82, 2.24) is 15.2 Å². The Bertz CT molecular complexity index is 823. The third kappa shape index (κ3) is 2.77. The summed E-state index contributed by atoms with van der Waals surface area (Å²) in [5.74, 6) is 1.41. The number of ether oxygens (including phenoxy) is 1. The van der Waals surface area contributed by atoms with Gasteiger partial charge < -0.3 is 10.1 Å². The van der Waals surface area contributed by atoms with E-state index in [1.165, 1.54) is 0 Å². The zero-order valence-corrected chi connectivity index (χ0v) is 14.0. The summed E-state index contributed by atoms with van der Waals surface area (Å²) in [6.45, 7) is 2.06. The Hall–Kier alpha value is -2.12. The lowest BCUT2D eigenvalue weighted by atomic mass is 10.1. The summed E-state index contributed by atoms with van der Waals surface area (Å²) in [6.07, 6.45) is -0.292. The van der Waals surface area contributed by atoms with Gasteiger partial charge in [-0.2, -0.15) is 16.3 Å². The van der Waals surface area contributed by atoms with Crippen LogP contribution >= 0.6 is 23.1 Å². The van der Waals surface area contributed by atoms with Gasteiger partial charge in [-0.05, 0) is 28.6 Å². The number of aromatic nitrogens is 3. The lowest BCUT2D eigenvalue weighted by Gasteiger charge is -2.17. The first-order chi connectivity index (χ1) is 11.3. The predicted molar refractivity (Wildman–Crippen MR) is 93.0 cm³/mol. The van der Waals surface area contributed by atoms with Crippen LogP contribution in [0.4, 0.5) is 5.69 Å². The average Bonchev–Trinajstić information content (AvgIpc) is 3.05. The van der Waals surface area contributed by atoms with Crippen LogP contribution in [0.25, 0.3) is 11.3 Å². The molecule has 0 amide bonds. The van der Waals surface area contributed by atoms with Gasteiger partial charge in [-0.3, -0.25) is 0 Å². The van der Waals surface area contributed by atoms with E-state index in [1.54, 1.807) is 23.1 Å². The second-order valence-electron chi connectivity index (χ2n) is 4.93. The molecule has 3 aromatic rings. The molecule has 0 unspecified atom stereocenters. The fourth-order valence-corrected chi connectivity index (χ4v) is 3.59. The van der Waals surface area contributed by atoms with Crippen LogP contribution in [0.1, 0.15) is 18.7 Å². The van der Waals surface area contributed by atoms with Gasteiger partial charge in [-0.1, -0.05) is 36.9 Å². The highest BCUT2D eigenvalue weighted by Crippen LogP contribution is 2.39. The third-order valence-corrected chi connectivity index (χ3v) is 4.87. The number of fused-ring (bicyclic) bond motifs is 3. The van der Waals surface area contributed by atoms with E-state index in [0.717, 1.165) is 22.6 Å². The van der Waals surface area contributed by atoms with Gasteiger partial charge in [0, 0.05) is 16.8 Å². The highest BCUT2D eigenvalue weighted by atomic mass is 32.2. The molecular weight excluding hydrogens is 328 g/mol. The van der Waals surface area contributed by atoms with Crippen LogP contribution in [-0.4, -0.2) is 20.9 Å². The molecule has 2 aromatic heterocycles. The van der Waals surface area contributed by atoms with Crippen LogP contribution in [0.5, 0.6) is 5.88 Å². The maximum Gasteiger partial charge on any atom is 0.247 e. The van der Waals surface area contributed by atoms with Crippen molar-refractivity contribution in [1.29, 1.82) is 0 Å².